The first kappa shape index (κ1) is 10.9. The van der Waals surface area contributed by atoms with E-state index >= 15 is 0 Å². The first-order valence-corrected chi connectivity index (χ1v) is 5.50. The van der Waals surface area contributed by atoms with Crippen molar-refractivity contribution in [1.82, 2.24) is 14.7 Å². The van der Waals surface area contributed by atoms with E-state index in [2.05, 4.69) is 10.00 Å². The number of likely N-dealkylation sites (tertiary alicyclic amines) is 1. The van der Waals surface area contributed by atoms with Crippen LogP contribution in [0.3, 0.4) is 0 Å². The van der Waals surface area contributed by atoms with Crippen molar-refractivity contribution < 1.29 is 5.11 Å². The van der Waals surface area contributed by atoms with Gasteiger partial charge >= 0.3 is 0 Å². The second-order valence-electron chi connectivity index (χ2n) is 4.22. The number of hydrogen-bond donors (Lipinski definition) is 1. The van der Waals surface area contributed by atoms with Crippen LogP contribution in [-0.2, 0) is 13.6 Å². The first-order valence-electron chi connectivity index (χ1n) is 5.13. The van der Waals surface area contributed by atoms with Gasteiger partial charge in [-0.25, -0.2) is 0 Å². The summed E-state index contributed by atoms with van der Waals surface area (Å²) < 4.78 is 1.70. The van der Waals surface area contributed by atoms with Crippen LogP contribution >= 0.6 is 11.6 Å². The Kier molecular flexibility index (Phi) is 3.00. The molecule has 5 heteroatoms. The van der Waals surface area contributed by atoms with Crippen molar-refractivity contribution in [1.29, 1.82) is 0 Å². The lowest BCUT2D eigenvalue weighted by atomic mass is 10.0. The van der Waals surface area contributed by atoms with Crippen LogP contribution in [0.2, 0.25) is 5.15 Å². The van der Waals surface area contributed by atoms with E-state index in [1.54, 1.807) is 4.68 Å². The van der Waals surface area contributed by atoms with Crippen molar-refractivity contribution >= 4 is 11.6 Å². The maximum Gasteiger partial charge on any atom is 0.131 e. The van der Waals surface area contributed by atoms with Crippen LogP contribution in [0, 0.1) is 12.8 Å². The number of aliphatic hydroxyl groups is 1. The van der Waals surface area contributed by atoms with Gasteiger partial charge in [-0.1, -0.05) is 11.6 Å². The van der Waals surface area contributed by atoms with E-state index in [0.29, 0.717) is 5.92 Å². The fraction of sp³-hybridized carbons (Fsp3) is 0.700. The molecule has 0 radical (unpaired) electrons. The van der Waals surface area contributed by atoms with Crippen LogP contribution in [-0.4, -0.2) is 39.5 Å². The van der Waals surface area contributed by atoms with E-state index in [-0.39, 0.29) is 6.61 Å². The molecule has 0 spiro atoms. The average molecular weight is 230 g/mol. The molecule has 0 amide bonds. The Balaban J connectivity index is 2.00. The number of aliphatic hydroxyl groups excluding tert-OH is 1. The second kappa shape index (κ2) is 4.12. The van der Waals surface area contributed by atoms with E-state index in [1.807, 2.05) is 14.0 Å². The Bertz CT molecular complexity index is 358. The lowest BCUT2D eigenvalue weighted by Gasteiger charge is -2.38. The Labute approximate surface area is 94.4 Å². The Morgan fingerprint density at radius 2 is 2.20 bits per heavy atom. The van der Waals surface area contributed by atoms with E-state index in [4.69, 9.17) is 16.7 Å². The number of nitrogens with zero attached hydrogens (tertiary/aromatic N) is 3. The van der Waals surface area contributed by atoms with E-state index in [1.165, 1.54) is 0 Å². The summed E-state index contributed by atoms with van der Waals surface area (Å²) >= 11 is 6.13. The molecule has 84 valence electrons. The smallest absolute Gasteiger partial charge is 0.131 e. The number of halogens is 1. The molecular formula is C10H16ClN3O. The monoisotopic (exact) mass is 229 g/mol. The minimum absolute atomic E-state index is 0.288. The van der Waals surface area contributed by atoms with Crippen molar-refractivity contribution in [2.45, 2.75) is 13.5 Å². The molecule has 1 fully saturated rings. The van der Waals surface area contributed by atoms with Crippen LogP contribution < -0.4 is 0 Å². The molecule has 1 N–H and O–H groups in total. The third-order valence-electron chi connectivity index (χ3n) is 2.94. The van der Waals surface area contributed by atoms with Gasteiger partial charge in [0.2, 0.25) is 0 Å². The van der Waals surface area contributed by atoms with Crippen molar-refractivity contribution in [3.63, 3.8) is 0 Å². The highest BCUT2D eigenvalue weighted by atomic mass is 35.5. The van der Waals surface area contributed by atoms with Gasteiger partial charge in [-0.3, -0.25) is 9.58 Å². The molecule has 1 aromatic rings. The van der Waals surface area contributed by atoms with Crippen LogP contribution in [0.4, 0.5) is 0 Å². The minimum Gasteiger partial charge on any atom is -0.396 e. The van der Waals surface area contributed by atoms with Gasteiger partial charge in [0.25, 0.3) is 0 Å². The van der Waals surface area contributed by atoms with Gasteiger partial charge in [0.1, 0.15) is 5.15 Å². The van der Waals surface area contributed by atoms with Crippen molar-refractivity contribution in [2.24, 2.45) is 13.0 Å². The molecule has 15 heavy (non-hydrogen) atoms. The molecule has 0 aromatic carbocycles. The largest absolute Gasteiger partial charge is 0.396 e. The third-order valence-corrected chi connectivity index (χ3v) is 3.42. The maximum atomic E-state index is 8.91. The SMILES string of the molecule is Cc1nn(C)c(Cl)c1CN1CC(CO)C1. The molecule has 1 aromatic heterocycles. The summed E-state index contributed by atoms with van der Waals surface area (Å²) in [4.78, 5) is 2.27. The summed E-state index contributed by atoms with van der Waals surface area (Å²) in [5, 5.41) is 13.9. The van der Waals surface area contributed by atoms with Crippen molar-refractivity contribution in [3.05, 3.63) is 16.4 Å². The number of aryl methyl sites for hydroxylation is 2. The number of aromatic nitrogens is 2. The third kappa shape index (κ3) is 2.02. The molecule has 0 atom stereocenters. The zero-order valence-corrected chi connectivity index (χ0v) is 9.83. The van der Waals surface area contributed by atoms with Crippen LogP contribution in [0.15, 0.2) is 0 Å². The van der Waals surface area contributed by atoms with E-state index in [9.17, 15) is 0 Å². The minimum atomic E-state index is 0.288. The molecule has 0 unspecified atom stereocenters. The quantitative estimate of drug-likeness (QED) is 0.834. The zero-order valence-electron chi connectivity index (χ0n) is 9.07. The van der Waals surface area contributed by atoms with Crippen LogP contribution in [0.25, 0.3) is 0 Å². The van der Waals surface area contributed by atoms with E-state index in [0.717, 1.165) is 36.0 Å². The molecule has 0 aliphatic carbocycles. The summed E-state index contributed by atoms with van der Waals surface area (Å²) in [7, 11) is 1.85. The standard InChI is InChI=1S/C10H16ClN3O/c1-7-9(10(11)13(2)12-7)5-14-3-8(4-14)6-15/h8,15H,3-6H2,1-2H3. The average Bonchev–Trinajstić information content (AvgIpc) is 2.36. The molecule has 1 saturated heterocycles. The number of hydrogen-bond acceptors (Lipinski definition) is 3. The summed E-state index contributed by atoms with van der Waals surface area (Å²) in [6, 6.07) is 0. The summed E-state index contributed by atoms with van der Waals surface area (Å²) in [5.41, 5.74) is 2.10. The van der Waals surface area contributed by atoms with Gasteiger partial charge in [-0.15, -0.1) is 0 Å². The molecule has 4 nitrogen and oxygen atoms in total. The normalized spacial score (nSPS) is 18.1. The van der Waals surface area contributed by atoms with Gasteiger partial charge in [0.15, 0.2) is 0 Å². The van der Waals surface area contributed by atoms with Gasteiger partial charge in [-0.05, 0) is 6.92 Å². The van der Waals surface area contributed by atoms with Crippen LogP contribution in [0.1, 0.15) is 11.3 Å². The Hall–Kier alpha value is -0.580. The lowest BCUT2D eigenvalue weighted by Crippen LogP contribution is -2.47. The summed E-state index contributed by atoms with van der Waals surface area (Å²) in [5.74, 6) is 0.445. The summed E-state index contributed by atoms with van der Waals surface area (Å²) in [6.45, 7) is 5.03. The van der Waals surface area contributed by atoms with Gasteiger partial charge in [-0.2, -0.15) is 5.10 Å². The highest BCUT2D eigenvalue weighted by Crippen LogP contribution is 2.24. The lowest BCUT2D eigenvalue weighted by molar-refractivity contribution is 0.0478. The molecule has 1 aliphatic rings. The van der Waals surface area contributed by atoms with Gasteiger partial charge in [0, 0.05) is 44.8 Å². The second-order valence-corrected chi connectivity index (χ2v) is 4.58. The molecule has 1 aliphatic heterocycles. The predicted octanol–water partition coefficient (Wildman–Crippen LogP) is 0.806. The molecule has 2 heterocycles. The van der Waals surface area contributed by atoms with Gasteiger partial charge in [0.05, 0.1) is 5.69 Å². The molecule has 0 bridgehead atoms. The van der Waals surface area contributed by atoms with Crippen LogP contribution in [0.5, 0.6) is 0 Å². The zero-order chi connectivity index (χ0) is 11.0. The fourth-order valence-electron chi connectivity index (χ4n) is 2.00. The highest BCUT2D eigenvalue weighted by Gasteiger charge is 2.27. The van der Waals surface area contributed by atoms with Gasteiger partial charge < -0.3 is 5.11 Å². The number of rotatable bonds is 3. The highest BCUT2D eigenvalue weighted by molar-refractivity contribution is 6.30. The molecular weight excluding hydrogens is 214 g/mol. The van der Waals surface area contributed by atoms with E-state index < -0.39 is 0 Å². The molecule has 2 rings (SSSR count). The van der Waals surface area contributed by atoms with Crippen molar-refractivity contribution in [3.8, 4) is 0 Å². The van der Waals surface area contributed by atoms with Crippen molar-refractivity contribution in [2.75, 3.05) is 19.7 Å². The Morgan fingerprint density at radius 1 is 1.53 bits per heavy atom. The fourth-order valence-corrected chi connectivity index (χ4v) is 2.23. The summed E-state index contributed by atoms with van der Waals surface area (Å²) in [6.07, 6.45) is 0. The first-order chi connectivity index (χ1) is 7.11. The predicted molar refractivity (Wildman–Crippen MR) is 58.8 cm³/mol. The Morgan fingerprint density at radius 3 is 2.67 bits per heavy atom. The topological polar surface area (TPSA) is 41.3 Å². The molecule has 0 saturated carbocycles. The maximum absolute atomic E-state index is 8.91.